The average molecular weight is 311 g/mol. The van der Waals surface area contributed by atoms with E-state index < -0.39 is 5.97 Å². The van der Waals surface area contributed by atoms with Crippen LogP contribution in [0.4, 0.5) is 5.69 Å². The fourth-order valence-corrected chi connectivity index (χ4v) is 2.73. The highest BCUT2D eigenvalue weighted by atomic mass is 32.1. The van der Waals surface area contributed by atoms with Crippen molar-refractivity contribution >= 4 is 39.7 Å². The first kappa shape index (κ1) is 14.3. The fraction of sp³-hybridized carbons (Fsp3) is 0.0588. The molecule has 3 rings (SSSR count). The van der Waals surface area contributed by atoms with Gasteiger partial charge in [-0.05, 0) is 22.9 Å². The number of hydrogen-bond acceptors (Lipinski definition) is 4. The standard InChI is InChI=1S/C17H13NO3S/c19-16(11-21-17(20)15-9-4-10-22-15)18-14-8-3-6-12-5-1-2-7-13(12)14/h1-10H,11H2,(H,18,19). The zero-order valence-electron chi connectivity index (χ0n) is 11.6. The van der Waals surface area contributed by atoms with E-state index in [-0.39, 0.29) is 12.5 Å². The van der Waals surface area contributed by atoms with E-state index in [2.05, 4.69) is 5.32 Å². The number of hydrogen-bond donors (Lipinski definition) is 1. The molecule has 1 heterocycles. The number of amides is 1. The Kier molecular flexibility index (Phi) is 4.16. The van der Waals surface area contributed by atoms with Crippen LogP contribution in [0.15, 0.2) is 60.0 Å². The quantitative estimate of drug-likeness (QED) is 0.748. The molecule has 1 aromatic heterocycles. The molecule has 0 aliphatic carbocycles. The second-order valence-corrected chi connectivity index (χ2v) is 5.58. The minimum atomic E-state index is -0.483. The van der Waals surface area contributed by atoms with Gasteiger partial charge >= 0.3 is 5.97 Å². The number of carbonyl (C=O) groups is 2. The Morgan fingerprint density at radius 1 is 1.00 bits per heavy atom. The summed E-state index contributed by atoms with van der Waals surface area (Å²) in [7, 11) is 0. The number of nitrogens with one attached hydrogen (secondary N) is 1. The summed E-state index contributed by atoms with van der Waals surface area (Å²) in [6.07, 6.45) is 0. The van der Waals surface area contributed by atoms with Gasteiger partial charge in [0.15, 0.2) is 6.61 Å². The molecular weight excluding hydrogens is 298 g/mol. The van der Waals surface area contributed by atoms with Crippen molar-refractivity contribution in [2.75, 3.05) is 11.9 Å². The molecule has 0 aliphatic heterocycles. The Morgan fingerprint density at radius 3 is 2.64 bits per heavy atom. The summed E-state index contributed by atoms with van der Waals surface area (Å²) >= 11 is 1.28. The van der Waals surface area contributed by atoms with E-state index in [4.69, 9.17) is 4.74 Å². The molecule has 0 bridgehead atoms. The van der Waals surface area contributed by atoms with Crippen LogP contribution in [-0.4, -0.2) is 18.5 Å². The van der Waals surface area contributed by atoms with Gasteiger partial charge in [-0.3, -0.25) is 4.79 Å². The largest absolute Gasteiger partial charge is 0.451 e. The Morgan fingerprint density at radius 2 is 1.82 bits per heavy atom. The average Bonchev–Trinajstić information content (AvgIpc) is 3.07. The lowest BCUT2D eigenvalue weighted by Crippen LogP contribution is -2.20. The molecular formula is C17H13NO3S. The van der Waals surface area contributed by atoms with Crippen molar-refractivity contribution < 1.29 is 14.3 Å². The van der Waals surface area contributed by atoms with Crippen LogP contribution >= 0.6 is 11.3 Å². The van der Waals surface area contributed by atoms with E-state index in [1.165, 1.54) is 11.3 Å². The summed E-state index contributed by atoms with van der Waals surface area (Å²) in [4.78, 5) is 24.1. The van der Waals surface area contributed by atoms with Crippen LogP contribution in [0.3, 0.4) is 0 Å². The highest BCUT2D eigenvalue weighted by Crippen LogP contribution is 2.22. The van der Waals surface area contributed by atoms with Crippen molar-refractivity contribution in [2.24, 2.45) is 0 Å². The first-order valence-corrected chi connectivity index (χ1v) is 7.60. The van der Waals surface area contributed by atoms with Crippen LogP contribution in [-0.2, 0) is 9.53 Å². The van der Waals surface area contributed by atoms with Gasteiger partial charge in [-0.1, -0.05) is 42.5 Å². The molecule has 1 N–H and O–H groups in total. The number of rotatable bonds is 4. The van der Waals surface area contributed by atoms with Crippen molar-refractivity contribution in [1.29, 1.82) is 0 Å². The zero-order valence-corrected chi connectivity index (χ0v) is 12.4. The van der Waals surface area contributed by atoms with Crippen molar-refractivity contribution in [3.05, 3.63) is 64.9 Å². The first-order valence-electron chi connectivity index (χ1n) is 6.72. The predicted molar refractivity (Wildman–Crippen MR) is 87.2 cm³/mol. The first-order chi connectivity index (χ1) is 10.7. The zero-order chi connectivity index (χ0) is 15.4. The number of thiophene rings is 1. The Hall–Kier alpha value is -2.66. The lowest BCUT2D eigenvalue weighted by molar-refractivity contribution is -0.119. The van der Waals surface area contributed by atoms with Gasteiger partial charge < -0.3 is 10.1 Å². The lowest BCUT2D eigenvalue weighted by Gasteiger charge is -2.09. The number of esters is 1. The van der Waals surface area contributed by atoms with Crippen molar-refractivity contribution in [3.63, 3.8) is 0 Å². The maximum absolute atomic E-state index is 11.9. The molecule has 1 amide bonds. The van der Waals surface area contributed by atoms with Gasteiger partial charge in [0, 0.05) is 11.1 Å². The van der Waals surface area contributed by atoms with E-state index >= 15 is 0 Å². The van der Waals surface area contributed by atoms with Gasteiger partial charge in [-0.2, -0.15) is 0 Å². The molecule has 0 radical (unpaired) electrons. The second-order valence-electron chi connectivity index (χ2n) is 4.63. The summed E-state index contributed by atoms with van der Waals surface area (Å²) in [6, 6.07) is 16.8. The maximum Gasteiger partial charge on any atom is 0.348 e. The minimum Gasteiger partial charge on any atom is -0.451 e. The van der Waals surface area contributed by atoms with E-state index in [9.17, 15) is 9.59 Å². The molecule has 0 unspecified atom stereocenters. The highest BCUT2D eigenvalue weighted by molar-refractivity contribution is 7.11. The van der Waals surface area contributed by atoms with Gasteiger partial charge in [0.25, 0.3) is 5.91 Å². The Labute approximate surface area is 131 Å². The van der Waals surface area contributed by atoms with Gasteiger partial charge in [0.05, 0.1) is 0 Å². The lowest BCUT2D eigenvalue weighted by atomic mass is 10.1. The molecule has 4 nitrogen and oxygen atoms in total. The normalized spacial score (nSPS) is 10.4. The third-order valence-electron chi connectivity index (χ3n) is 3.12. The van der Waals surface area contributed by atoms with Crippen molar-refractivity contribution in [1.82, 2.24) is 0 Å². The SMILES string of the molecule is O=C(COC(=O)c1cccs1)Nc1cccc2ccccc12. The number of carbonyl (C=O) groups excluding carboxylic acids is 2. The molecule has 5 heteroatoms. The van der Waals surface area contributed by atoms with Crippen LogP contribution in [0.1, 0.15) is 9.67 Å². The predicted octanol–water partition coefficient (Wildman–Crippen LogP) is 3.70. The minimum absolute atomic E-state index is 0.306. The van der Waals surface area contributed by atoms with Crippen LogP contribution < -0.4 is 5.32 Å². The Balaban J connectivity index is 1.65. The van der Waals surface area contributed by atoms with E-state index in [0.717, 1.165) is 10.8 Å². The van der Waals surface area contributed by atoms with Crippen LogP contribution in [0.2, 0.25) is 0 Å². The third-order valence-corrected chi connectivity index (χ3v) is 3.97. The molecule has 0 aliphatic rings. The second kappa shape index (κ2) is 6.41. The fourth-order valence-electron chi connectivity index (χ4n) is 2.12. The number of ether oxygens (including phenoxy) is 1. The van der Waals surface area contributed by atoms with Crippen molar-refractivity contribution in [3.8, 4) is 0 Å². The van der Waals surface area contributed by atoms with Crippen molar-refractivity contribution in [2.45, 2.75) is 0 Å². The number of benzene rings is 2. The smallest absolute Gasteiger partial charge is 0.348 e. The van der Waals surface area contributed by atoms with Crippen LogP contribution in [0, 0.1) is 0 Å². The summed E-state index contributed by atoms with van der Waals surface area (Å²) in [5.74, 6) is -0.843. The van der Waals surface area contributed by atoms with E-state index in [1.54, 1.807) is 17.5 Å². The third kappa shape index (κ3) is 3.15. The molecule has 0 spiro atoms. The van der Waals surface area contributed by atoms with Gasteiger partial charge in [0.1, 0.15) is 4.88 Å². The molecule has 0 saturated heterocycles. The molecule has 110 valence electrons. The van der Waals surface area contributed by atoms with Crippen LogP contribution in [0.5, 0.6) is 0 Å². The highest BCUT2D eigenvalue weighted by Gasteiger charge is 2.11. The monoisotopic (exact) mass is 311 g/mol. The topological polar surface area (TPSA) is 55.4 Å². The van der Waals surface area contributed by atoms with Gasteiger partial charge in [0.2, 0.25) is 0 Å². The number of anilines is 1. The molecule has 22 heavy (non-hydrogen) atoms. The summed E-state index contributed by atoms with van der Waals surface area (Å²) in [6.45, 7) is -0.306. The molecule has 0 fully saturated rings. The number of fused-ring (bicyclic) bond motifs is 1. The summed E-state index contributed by atoms with van der Waals surface area (Å²) in [5.41, 5.74) is 0.704. The molecule has 0 saturated carbocycles. The maximum atomic E-state index is 11.9. The Bertz CT molecular complexity index is 806. The summed E-state index contributed by atoms with van der Waals surface area (Å²) in [5, 5.41) is 6.54. The molecule has 3 aromatic rings. The molecule has 0 atom stereocenters. The van der Waals surface area contributed by atoms with E-state index in [1.807, 2.05) is 42.5 Å². The van der Waals surface area contributed by atoms with Gasteiger partial charge in [-0.25, -0.2) is 4.79 Å². The van der Waals surface area contributed by atoms with Crippen LogP contribution in [0.25, 0.3) is 10.8 Å². The molecule has 2 aromatic carbocycles. The summed E-state index contributed by atoms with van der Waals surface area (Å²) < 4.78 is 4.99. The van der Waals surface area contributed by atoms with Gasteiger partial charge in [-0.15, -0.1) is 11.3 Å². The van der Waals surface area contributed by atoms with E-state index in [0.29, 0.717) is 10.6 Å².